The highest BCUT2D eigenvalue weighted by Gasteiger charge is 2.36. The van der Waals surface area contributed by atoms with Crippen molar-refractivity contribution in [1.29, 1.82) is 0 Å². The van der Waals surface area contributed by atoms with Crippen molar-refractivity contribution in [2.75, 3.05) is 11.9 Å². The van der Waals surface area contributed by atoms with E-state index >= 15 is 0 Å². The maximum absolute atomic E-state index is 12.8. The summed E-state index contributed by atoms with van der Waals surface area (Å²) in [6.45, 7) is 1.62. The number of H-pyrrole nitrogens is 1. The molecule has 2 heterocycles. The first-order valence-corrected chi connectivity index (χ1v) is 11.4. The Morgan fingerprint density at radius 3 is 2.08 bits per heavy atom. The van der Waals surface area contributed by atoms with E-state index in [9.17, 15) is 29.1 Å². The number of urea groups is 1. The number of para-hydroxylation sites is 2. The van der Waals surface area contributed by atoms with Crippen LogP contribution in [0.5, 0.6) is 5.88 Å². The summed E-state index contributed by atoms with van der Waals surface area (Å²) in [5.41, 5.74) is 2.08. The normalized spacial score (nSPS) is 14.9. The maximum Gasteiger partial charge on any atom is 0.335 e. The molecule has 11 heteroatoms. The third kappa shape index (κ3) is 5.74. The average molecular weight is 516 g/mol. The molecule has 4 amide bonds. The summed E-state index contributed by atoms with van der Waals surface area (Å²) in [5, 5.41) is 15.0. The van der Waals surface area contributed by atoms with Crippen LogP contribution in [-0.2, 0) is 9.59 Å². The number of hydrogen-bond donors (Lipinski definition) is 3. The molecule has 1 aliphatic rings. The van der Waals surface area contributed by atoms with Crippen molar-refractivity contribution in [2.24, 2.45) is 0 Å². The van der Waals surface area contributed by atoms with Gasteiger partial charge in [-0.2, -0.15) is 0 Å². The van der Waals surface area contributed by atoms with E-state index in [1.807, 2.05) is 0 Å². The van der Waals surface area contributed by atoms with E-state index in [-0.39, 0.29) is 11.1 Å². The standard InChI is InChI=1S/C26H20N4O6.CH5N/c1-16(12-14-19-21(31)27-25(35)29(23(19)33)17-8-4-2-5-9-17)13-15-20-22(32)28-26(36)30(24(20)34)18-10-6-3-7-11-18;1-2/h2-15,33H,1H3,(H,27,31,35)(H,28,32,36);2H2,1H3. The van der Waals surface area contributed by atoms with Gasteiger partial charge in [0.15, 0.2) is 0 Å². The number of imide groups is 2. The minimum Gasteiger partial charge on any atom is -0.859 e. The van der Waals surface area contributed by atoms with Gasteiger partial charge in [-0.05, 0) is 49.2 Å². The Balaban J connectivity index is 0.00000195. The molecule has 194 valence electrons. The van der Waals surface area contributed by atoms with E-state index in [1.54, 1.807) is 74.6 Å². The molecular formula is C27H25N5O6. The van der Waals surface area contributed by atoms with Gasteiger partial charge in [0.2, 0.25) is 0 Å². The highest BCUT2D eigenvalue weighted by Crippen LogP contribution is 2.20. The first-order chi connectivity index (χ1) is 18.3. The highest BCUT2D eigenvalue weighted by molar-refractivity contribution is 6.37. The second-order valence-electron chi connectivity index (χ2n) is 7.71. The summed E-state index contributed by atoms with van der Waals surface area (Å²) in [5.74, 6) is -2.44. The largest absolute Gasteiger partial charge is 0.859 e. The van der Waals surface area contributed by atoms with Crippen LogP contribution in [0, 0.1) is 0 Å². The number of amides is 4. The van der Waals surface area contributed by atoms with E-state index in [0.29, 0.717) is 16.9 Å². The molecule has 38 heavy (non-hydrogen) atoms. The fourth-order valence-corrected chi connectivity index (χ4v) is 3.46. The van der Waals surface area contributed by atoms with Gasteiger partial charge >= 0.3 is 11.7 Å². The predicted molar refractivity (Wildman–Crippen MR) is 139 cm³/mol. The summed E-state index contributed by atoms with van der Waals surface area (Å²) < 4.78 is 0.850. The molecule has 5 N–H and O–H groups in total. The lowest BCUT2D eigenvalue weighted by molar-refractivity contribution is -0.325. The number of nitrogens with zero attached hydrogens (tertiary/aromatic N) is 2. The molecule has 3 aromatic rings. The molecule has 11 nitrogen and oxygen atoms in total. The van der Waals surface area contributed by atoms with Gasteiger partial charge in [0.25, 0.3) is 17.4 Å². The van der Waals surface area contributed by atoms with Gasteiger partial charge in [0, 0.05) is 11.3 Å². The van der Waals surface area contributed by atoms with E-state index in [4.69, 9.17) is 0 Å². The van der Waals surface area contributed by atoms with Gasteiger partial charge in [-0.25, -0.2) is 14.5 Å². The Labute approximate surface area is 216 Å². The molecule has 0 unspecified atom stereocenters. The van der Waals surface area contributed by atoms with Gasteiger partial charge in [0.05, 0.1) is 12.7 Å². The fraction of sp³-hybridized carbons (Fsp3) is 0.0741. The molecule has 1 aromatic heterocycles. The van der Waals surface area contributed by atoms with Crippen LogP contribution in [-0.4, -0.2) is 34.4 Å². The van der Waals surface area contributed by atoms with Gasteiger partial charge in [-0.3, -0.25) is 29.3 Å². The van der Waals surface area contributed by atoms with Crippen LogP contribution in [0.3, 0.4) is 0 Å². The summed E-state index contributed by atoms with van der Waals surface area (Å²) in [6, 6.07) is 15.4. The molecule has 0 atom stereocenters. The molecule has 0 aliphatic carbocycles. The Morgan fingerprint density at radius 1 is 0.895 bits per heavy atom. The zero-order valence-electron chi connectivity index (χ0n) is 20.6. The highest BCUT2D eigenvalue weighted by atomic mass is 16.3. The lowest BCUT2D eigenvalue weighted by atomic mass is 10.1. The van der Waals surface area contributed by atoms with Gasteiger partial charge in [0.1, 0.15) is 5.57 Å². The molecule has 4 rings (SSSR count). The number of quaternary nitrogens is 1. The van der Waals surface area contributed by atoms with E-state index in [0.717, 1.165) is 9.47 Å². The predicted octanol–water partition coefficient (Wildman–Crippen LogP) is 0.626. The van der Waals surface area contributed by atoms with E-state index in [2.05, 4.69) is 16.0 Å². The van der Waals surface area contributed by atoms with Crippen molar-refractivity contribution in [3.63, 3.8) is 0 Å². The lowest BCUT2D eigenvalue weighted by Gasteiger charge is -2.26. The molecule has 0 spiro atoms. The third-order valence-corrected chi connectivity index (χ3v) is 5.26. The zero-order chi connectivity index (χ0) is 27.8. The van der Waals surface area contributed by atoms with Crippen molar-refractivity contribution >= 4 is 29.6 Å². The molecular weight excluding hydrogens is 490 g/mol. The van der Waals surface area contributed by atoms with Crippen molar-refractivity contribution in [3.8, 4) is 11.6 Å². The van der Waals surface area contributed by atoms with Gasteiger partial charge in [-0.15, -0.1) is 0 Å². The number of barbiturate groups is 1. The lowest BCUT2D eigenvalue weighted by Crippen LogP contribution is -2.54. The number of hydrogen-bond acceptors (Lipinski definition) is 6. The van der Waals surface area contributed by atoms with Gasteiger partial charge < -0.3 is 10.8 Å². The van der Waals surface area contributed by atoms with Crippen LogP contribution in [0.4, 0.5) is 10.5 Å². The van der Waals surface area contributed by atoms with Crippen molar-refractivity contribution < 1.29 is 25.2 Å². The molecule has 0 saturated carbocycles. The smallest absolute Gasteiger partial charge is 0.335 e. The van der Waals surface area contributed by atoms with Crippen LogP contribution in [0.15, 0.2) is 99.6 Å². The number of rotatable bonds is 5. The number of nitrogens with one attached hydrogen (secondary N) is 2. The number of allylic oxidation sites excluding steroid dienone is 4. The summed E-state index contributed by atoms with van der Waals surface area (Å²) in [6.07, 6.45) is 5.34. The number of carbonyl (C=O) groups is 3. The number of aromatic amines is 1. The average Bonchev–Trinajstić information content (AvgIpc) is 2.90. The van der Waals surface area contributed by atoms with E-state index < -0.39 is 35.0 Å². The summed E-state index contributed by atoms with van der Waals surface area (Å²) >= 11 is 0. The number of carbonyl (C=O) groups excluding carboxylic acids is 3. The van der Waals surface area contributed by atoms with Crippen molar-refractivity contribution in [1.82, 2.24) is 14.9 Å². The third-order valence-electron chi connectivity index (χ3n) is 5.26. The van der Waals surface area contributed by atoms with Crippen LogP contribution < -0.4 is 32.3 Å². The Morgan fingerprint density at radius 2 is 1.47 bits per heavy atom. The monoisotopic (exact) mass is 515 g/mol. The Bertz CT molecular complexity index is 1570. The Kier molecular flexibility index (Phi) is 8.69. The van der Waals surface area contributed by atoms with E-state index in [1.165, 1.54) is 24.3 Å². The SMILES string of the molecule is CC(C=Cc1c([O-])n(-c2ccccc2)c(=O)[nH]c1=O)=CC=C1C(=O)NC(=O)N(c2ccccc2)C1=O.C[NH3+]. The molecule has 0 radical (unpaired) electrons. The molecule has 1 saturated heterocycles. The minimum atomic E-state index is -0.857. The topological polar surface area (TPSA) is 172 Å². The zero-order valence-corrected chi connectivity index (χ0v) is 20.6. The first kappa shape index (κ1) is 27.3. The van der Waals surface area contributed by atoms with Crippen LogP contribution >= 0.6 is 0 Å². The van der Waals surface area contributed by atoms with Crippen LogP contribution in [0.2, 0.25) is 0 Å². The number of anilines is 1. The van der Waals surface area contributed by atoms with Crippen molar-refractivity contribution in [2.45, 2.75) is 6.92 Å². The second-order valence-corrected chi connectivity index (χ2v) is 7.71. The Hall–Kier alpha value is -5.29. The number of benzene rings is 2. The first-order valence-electron chi connectivity index (χ1n) is 11.4. The summed E-state index contributed by atoms with van der Waals surface area (Å²) in [7, 11) is 1.75. The van der Waals surface area contributed by atoms with Crippen LogP contribution in [0.25, 0.3) is 11.8 Å². The minimum absolute atomic E-state index is 0.272. The molecule has 1 fully saturated rings. The molecule has 1 aliphatic heterocycles. The fourth-order valence-electron chi connectivity index (χ4n) is 3.46. The number of aromatic nitrogens is 2. The second kappa shape index (κ2) is 12.1. The van der Waals surface area contributed by atoms with Crippen molar-refractivity contribution in [3.05, 3.63) is 116 Å². The summed E-state index contributed by atoms with van der Waals surface area (Å²) in [4.78, 5) is 64.8. The molecule has 0 bridgehead atoms. The van der Waals surface area contributed by atoms with Gasteiger partial charge in [-0.1, -0.05) is 54.1 Å². The van der Waals surface area contributed by atoms with Crippen LogP contribution in [0.1, 0.15) is 12.5 Å². The quantitative estimate of drug-likeness (QED) is 0.255. The molecule has 2 aromatic carbocycles. The maximum atomic E-state index is 12.8.